The number of aromatic nitrogens is 3. The molecule has 17 heteroatoms. The van der Waals surface area contributed by atoms with Crippen LogP contribution in [-0.2, 0) is 25.6 Å². The van der Waals surface area contributed by atoms with Crippen molar-refractivity contribution in [1.29, 1.82) is 0 Å². The molecule has 0 spiro atoms. The Hall–Kier alpha value is -4.44. The fourth-order valence-electron chi connectivity index (χ4n) is 3.69. The van der Waals surface area contributed by atoms with E-state index in [0.29, 0.717) is 15.6 Å². The summed E-state index contributed by atoms with van der Waals surface area (Å²) in [4.78, 5) is 53.9. The molecule has 0 unspecified atom stereocenters. The minimum atomic E-state index is -1.81. The summed E-state index contributed by atoms with van der Waals surface area (Å²) in [5.74, 6) is -3.38. The zero-order chi connectivity index (χ0) is 32.4. The quantitative estimate of drug-likeness (QED) is 0.113. The van der Waals surface area contributed by atoms with Crippen molar-refractivity contribution in [2.24, 2.45) is 5.92 Å². The van der Waals surface area contributed by atoms with Gasteiger partial charge in [-0.25, -0.2) is 19.4 Å². The van der Waals surface area contributed by atoms with E-state index in [-0.39, 0.29) is 18.2 Å². The summed E-state index contributed by atoms with van der Waals surface area (Å²) in [5, 5.41) is 31.0. The van der Waals surface area contributed by atoms with Gasteiger partial charge in [0, 0.05) is 22.2 Å². The van der Waals surface area contributed by atoms with Gasteiger partial charge in [0.2, 0.25) is 0 Å². The first-order valence-electron chi connectivity index (χ1n) is 13.0. The molecule has 4 N–H and O–H groups in total. The van der Waals surface area contributed by atoms with E-state index in [9.17, 15) is 29.4 Å². The van der Waals surface area contributed by atoms with Crippen LogP contribution in [0.25, 0.3) is 11.1 Å². The maximum atomic E-state index is 12.9. The third-order valence-electron chi connectivity index (χ3n) is 5.98. The standard InChI is InChI=1S/C27H30Cl2N6O9/c1-15(2)23(30-27(41)42-3)26(40)43-14-44-35-12-21(31-33-35)24(37)32-34(13-22(36)25(38)39)11-16-4-6-17(7-5-16)19-10-18(28)8-9-20(19)29/h4-10,12,15,22-23,36H,11,13-14H2,1-3H3,(H,30,41)(H,32,37)(H,38,39)/t22-,23+/m1/s1. The van der Waals surface area contributed by atoms with Crippen molar-refractivity contribution in [1.82, 2.24) is 30.9 Å². The number of alkyl carbamates (subject to hydrolysis) is 1. The smallest absolute Gasteiger partial charge is 0.407 e. The molecule has 0 aliphatic heterocycles. The van der Waals surface area contributed by atoms with E-state index in [1.54, 1.807) is 56.3 Å². The van der Waals surface area contributed by atoms with E-state index >= 15 is 0 Å². The zero-order valence-electron chi connectivity index (χ0n) is 23.8. The number of benzene rings is 2. The molecule has 0 radical (unpaired) electrons. The number of nitrogens with one attached hydrogen (secondary N) is 2. The van der Waals surface area contributed by atoms with Gasteiger partial charge in [-0.15, -0.1) is 5.10 Å². The summed E-state index contributed by atoms with van der Waals surface area (Å²) in [6.45, 7) is 2.31. The first kappa shape index (κ1) is 34.1. The number of aliphatic hydroxyl groups is 1. The number of carbonyl (C=O) groups is 4. The van der Waals surface area contributed by atoms with Gasteiger partial charge >= 0.3 is 18.0 Å². The van der Waals surface area contributed by atoms with Crippen molar-refractivity contribution >= 4 is 47.1 Å². The number of hydrogen-bond donors (Lipinski definition) is 4. The van der Waals surface area contributed by atoms with Gasteiger partial charge < -0.3 is 29.8 Å². The molecule has 1 heterocycles. The van der Waals surface area contributed by atoms with Crippen LogP contribution >= 0.6 is 23.2 Å². The Kier molecular flexibility index (Phi) is 12.3. The van der Waals surface area contributed by atoms with Crippen LogP contribution in [0.15, 0.2) is 48.7 Å². The molecule has 0 bridgehead atoms. The van der Waals surface area contributed by atoms with Crippen LogP contribution in [-0.4, -0.2) is 86.9 Å². The molecule has 0 aliphatic rings. The Labute approximate surface area is 261 Å². The van der Waals surface area contributed by atoms with Crippen LogP contribution in [0.1, 0.15) is 29.9 Å². The second kappa shape index (κ2) is 15.9. The number of carboxylic acids is 1. The normalized spacial score (nSPS) is 12.4. The number of ether oxygens (including phenoxy) is 2. The van der Waals surface area contributed by atoms with Crippen LogP contribution in [0.5, 0.6) is 0 Å². The molecule has 1 aromatic heterocycles. The molecule has 2 aromatic carbocycles. The molecule has 15 nitrogen and oxygen atoms in total. The molecule has 2 amide bonds. The average Bonchev–Trinajstić information content (AvgIpc) is 3.46. The van der Waals surface area contributed by atoms with E-state index in [1.165, 1.54) is 5.01 Å². The van der Waals surface area contributed by atoms with Crippen LogP contribution in [0, 0.1) is 5.92 Å². The number of aliphatic carboxylic acids is 1. The molecule has 0 saturated heterocycles. The largest absolute Gasteiger partial charge is 0.479 e. The Morgan fingerprint density at radius 3 is 2.43 bits per heavy atom. The van der Waals surface area contributed by atoms with Crippen molar-refractivity contribution in [2.75, 3.05) is 20.4 Å². The molecule has 3 rings (SSSR count). The van der Waals surface area contributed by atoms with Crippen molar-refractivity contribution < 1.29 is 43.7 Å². The number of esters is 1. The molecule has 3 aromatic rings. The number of nitrogens with zero attached hydrogens (tertiary/aromatic N) is 4. The van der Waals surface area contributed by atoms with Gasteiger partial charge in [0.15, 0.2) is 11.8 Å². The number of hydrazine groups is 1. The second-order valence-corrected chi connectivity index (χ2v) is 10.4. The number of hydrogen-bond acceptors (Lipinski definition) is 11. The van der Waals surface area contributed by atoms with Crippen molar-refractivity contribution in [3.05, 3.63) is 70.0 Å². The number of aliphatic hydroxyl groups excluding tert-OH is 1. The zero-order valence-corrected chi connectivity index (χ0v) is 25.3. The molecular formula is C27H30Cl2N6O9. The minimum absolute atomic E-state index is 0.0108. The summed E-state index contributed by atoms with van der Waals surface area (Å²) in [6, 6.07) is 11.1. The summed E-state index contributed by atoms with van der Waals surface area (Å²) >= 11 is 12.4. The highest BCUT2D eigenvalue weighted by Crippen LogP contribution is 2.30. The summed E-state index contributed by atoms with van der Waals surface area (Å²) in [6.07, 6.45) is -1.53. The highest BCUT2D eigenvalue weighted by molar-refractivity contribution is 6.35. The average molecular weight is 653 g/mol. The van der Waals surface area contributed by atoms with Gasteiger partial charge in [0.25, 0.3) is 12.7 Å². The van der Waals surface area contributed by atoms with E-state index in [1.807, 2.05) is 0 Å². The maximum Gasteiger partial charge on any atom is 0.407 e. The topological polar surface area (TPSA) is 194 Å². The van der Waals surface area contributed by atoms with Crippen LogP contribution in [0.4, 0.5) is 4.79 Å². The van der Waals surface area contributed by atoms with Gasteiger partial charge in [0.1, 0.15) is 12.2 Å². The number of carboxylic acid groups (broad SMARTS) is 1. The first-order chi connectivity index (χ1) is 20.9. The predicted octanol–water partition coefficient (Wildman–Crippen LogP) is 2.15. The molecule has 0 fully saturated rings. The van der Waals surface area contributed by atoms with Crippen LogP contribution in [0.2, 0.25) is 10.0 Å². The summed E-state index contributed by atoms with van der Waals surface area (Å²) in [7, 11) is 1.16. The molecule has 236 valence electrons. The number of methoxy groups -OCH3 is 1. The molecule has 0 saturated carbocycles. The van der Waals surface area contributed by atoms with Crippen molar-refractivity contribution in [3.63, 3.8) is 0 Å². The van der Waals surface area contributed by atoms with Gasteiger partial charge in [-0.1, -0.05) is 66.2 Å². The highest BCUT2D eigenvalue weighted by atomic mass is 35.5. The molecule has 0 aliphatic carbocycles. The summed E-state index contributed by atoms with van der Waals surface area (Å²) in [5.41, 5.74) is 4.43. The lowest BCUT2D eigenvalue weighted by Gasteiger charge is -2.24. The third kappa shape index (κ3) is 9.80. The Morgan fingerprint density at radius 1 is 1.09 bits per heavy atom. The fourth-order valence-corrected chi connectivity index (χ4v) is 4.09. The van der Waals surface area contributed by atoms with Crippen molar-refractivity contribution in [2.45, 2.75) is 32.5 Å². The lowest BCUT2D eigenvalue weighted by molar-refractivity contribution is -0.161. The van der Waals surface area contributed by atoms with E-state index < -0.39 is 49.4 Å². The van der Waals surface area contributed by atoms with Crippen LogP contribution < -0.4 is 15.6 Å². The number of amides is 2. The molecular weight excluding hydrogens is 623 g/mol. The first-order valence-corrected chi connectivity index (χ1v) is 13.7. The fraction of sp³-hybridized carbons (Fsp3) is 0.333. The highest BCUT2D eigenvalue weighted by Gasteiger charge is 2.26. The van der Waals surface area contributed by atoms with Crippen LogP contribution in [0.3, 0.4) is 0 Å². The Morgan fingerprint density at radius 2 is 1.80 bits per heavy atom. The van der Waals surface area contributed by atoms with Gasteiger partial charge in [-0.2, -0.15) is 0 Å². The maximum absolute atomic E-state index is 12.9. The minimum Gasteiger partial charge on any atom is -0.479 e. The number of rotatable bonds is 14. The van der Waals surface area contributed by atoms with E-state index in [4.69, 9.17) is 32.8 Å². The SMILES string of the molecule is COC(=O)N[C@H](C(=O)OCOn1cc(C(=O)NN(Cc2ccc(-c3cc(Cl)ccc3Cl)cc2)C[C@@H](O)C(=O)O)nn1)C(C)C. The van der Waals surface area contributed by atoms with E-state index in [2.05, 4.69) is 25.8 Å². The second-order valence-electron chi connectivity index (χ2n) is 9.57. The predicted molar refractivity (Wildman–Crippen MR) is 155 cm³/mol. The van der Waals surface area contributed by atoms with Gasteiger partial charge in [-0.3, -0.25) is 10.2 Å². The number of halogens is 2. The molecule has 2 atom stereocenters. The van der Waals surface area contributed by atoms with E-state index in [0.717, 1.165) is 29.3 Å². The van der Waals surface area contributed by atoms with Gasteiger partial charge in [-0.05, 0) is 40.5 Å². The van der Waals surface area contributed by atoms with Gasteiger partial charge in [0.05, 0.1) is 13.7 Å². The summed E-state index contributed by atoms with van der Waals surface area (Å²) < 4.78 is 9.50. The lowest BCUT2D eigenvalue weighted by atomic mass is 10.0. The number of carbonyl (C=O) groups excluding carboxylic acids is 3. The van der Waals surface area contributed by atoms with Crippen molar-refractivity contribution in [3.8, 4) is 11.1 Å². The third-order valence-corrected chi connectivity index (χ3v) is 6.54. The lowest BCUT2D eigenvalue weighted by Crippen LogP contribution is -2.47. The monoisotopic (exact) mass is 652 g/mol. The molecule has 44 heavy (non-hydrogen) atoms. The Balaban J connectivity index is 1.63. The Bertz CT molecular complexity index is 1470.